The van der Waals surface area contributed by atoms with Crippen LogP contribution in [0.25, 0.3) is 0 Å². The molecule has 0 aliphatic carbocycles. The molecule has 0 spiro atoms. The second kappa shape index (κ2) is 3.40. The van der Waals surface area contributed by atoms with E-state index in [0.717, 1.165) is 11.7 Å². The fraction of sp³-hybridized carbons (Fsp3) is 0.500. The highest BCUT2D eigenvalue weighted by molar-refractivity contribution is 14.1. The van der Waals surface area contributed by atoms with Gasteiger partial charge in [0.2, 0.25) is 0 Å². The van der Waals surface area contributed by atoms with Crippen molar-refractivity contribution in [2.24, 2.45) is 10.9 Å². The summed E-state index contributed by atoms with van der Waals surface area (Å²) in [4.78, 5) is 0. The Balaban J connectivity index is 2.66. The zero-order chi connectivity index (χ0) is 8.43. The predicted octanol–water partition coefficient (Wildman–Crippen LogP) is 0.764. The summed E-state index contributed by atoms with van der Waals surface area (Å²) in [7, 11) is 0. The average Bonchev–Trinajstić information content (AvgIpc) is 2.09. The van der Waals surface area contributed by atoms with E-state index >= 15 is 0 Å². The van der Waals surface area contributed by atoms with Crippen molar-refractivity contribution >= 4 is 28.4 Å². The van der Waals surface area contributed by atoms with Gasteiger partial charge in [-0.3, -0.25) is 0 Å². The molecule has 0 aromatic heterocycles. The number of halogens is 1. The summed E-state index contributed by atoms with van der Waals surface area (Å²) in [5.41, 5.74) is 0. The van der Waals surface area contributed by atoms with Gasteiger partial charge in [0.05, 0.1) is 0 Å². The Bertz CT molecular complexity index is 209. The van der Waals surface area contributed by atoms with Crippen LogP contribution in [-0.4, -0.2) is 14.9 Å². The lowest BCUT2D eigenvalue weighted by Gasteiger charge is -2.08. The number of nitrogens with two attached hydrogens (primary N) is 1. The van der Waals surface area contributed by atoms with Crippen molar-refractivity contribution in [1.29, 1.82) is 0 Å². The first kappa shape index (κ1) is 8.79. The largest absolute Gasteiger partial charge is 0.326 e. The number of nitrogens with zero attached hydrogens (tertiary/aromatic N) is 2. The van der Waals surface area contributed by atoms with E-state index in [0.29, 0.717) is 3.92 Å². The Morgan fingerprint density at radius 2 is 2.45 bits per heavy atom. The molecule has 1 atom stereocenters. The van der Waals surface area contributed by atoms with Gasteiger partial charge in [-0.05, 0) is 19.9 Å². The molecule has 1 unspecified atom stereocenters. The fourth-order valence-electron chi connectivity index (χ4n) is 0.819. The first-order chi connectivity index (χ1) is 5.09. The maximum atomic E-state index is 5.53. The Hall–Kier alpha value is -0.300. The van der Waals surface area contributed by atoms with Crippen LogP contribution in [-0.2, 0) is 0 Å². The van der Waals surface area contributed by atoms with Crippen molar-refractivity contribution in [2.45, 2.75) is 17.8 Å². The summed E-state index contributed by atoms with van der Waals surface area (Å²) in [6, 6.07) is 0. The van der Waals surface area contributed by atoms with E-state index in [1.807, 2.05) is 13.0 Å². The van der Waals surface area contributed by atoms with Crippen molar-refractivity contribution in [1.82, 2.24) is 10.4 Å². The summed E-state index contributed by atoms with van der Waals surface area (Å²) in [5, 5.41) is 8.36. The first-order valence-electron chi connectivity index (χ1n) is 3.32. The lowest BCUT2D eigenvalue weighted by molar-refractivity contribution is 0.390. The standard InChI is InChI=1S/C6H11IN4/c1-4(7)3-6-9-5(2)10-11(6)8/h3-4H,8H2,1-2H3,(H,9,10)/b6-3-. The molecule has 0 saturated carbocycles. The molecule has 0 bridgehead atoms. The first-order valence-corrected chi connectivity index (χ1v) is 4.57. The normalized spacial score (nSPS) is 23.5. The highest BCUT2D eigenvalue weighted by Gasteiger charge is 2.12. The summed E-state index contributed by atoms with van der Waals surface area (Å²) in [6.07, 6.45) is 2.01. The molecule has 0 aromatic rings. The number of hydrogen-bond acceptors (Lipinski definition) is 4. The van der Waals surface area contributed by atoms with Crippen LogP contribution in [0, 0.1) is 0 Å². The lowest BCUT2D eigenvalue weighted by atomic mass is 10.4. The number of alkyl halides is 1. The molecule has 0 amide bonds. The molecular weight excluding hydrogens is 255 g/mol. The molecule has 0 aromatic carbocycles. The van der Waals surface area contributed by atoms with Crippen LogP contribution in [0.15, 0.2) is 17.0 Å². The van der Waals surface area contributed by atoms with Gasteiger partial charge in [-0.2, -0.15) is 5.12 Å². The van der Waals surface area contributed by atoms with Crippen molar-refractivity contribution < 1.29 is 0 Å². The molecule has 0 fully saturated rings. The minimum absolute atomic E-state index is 0.447. The number of hydrazine groups is 1. The van der Waals surface area contributed by atoms with Crippen LogP contribution in [0.2, 0.25) is 0 Å². The van der Waals surface area contributed by atoms with E-state index in [4.69, 9.17) is 5.84 Å². The molecule has 3 N–H and O–H groups in total. The van der Waals surface area contributed by atoms with Crippen LogP contribution in [0.5, 0.6) is 0 Å². The zero-order valence-corrected chi connectivity index (χ0v) is 8.66. The van der Waals surface area contributed by atoms with Crippen molar-refractivity contribution in [2.75, 3.05) is 0 Å². The molecule has 1 aliphatic heterocycles. The number of nitrogens with one attached hydrogen (secondary N) is 1. The summed E-state index contributed by atoms with van der Waals surface area (Å²) in [6.45, 7) is 3.95. The van der Waals surface area contributed by atoms with Crippen molar-refractivity contribution in [3.63, 3.8) is 0 Å². The molecule has 5 heteroatoms. The number of allylic oxidation sites excluding steroid dienone is 1. The number of hydrazone groups is 1. The Morgan fingerprint density at radius 3 is 2.82 bits per heavy atom. The van der Waals surface area contributed by atoms with Crippen LogP contribution >= 0.6 is 22.6 Å². The van der Waals surface area contributed by atoms with E-state index in [-0.39, 0.29) is 0 Å². The molecule has 11 heavy (non-hydrogen) atoms. The average molecular weight is 266 g/mol. The summed E-state index contributed by atoms with van der Waals surface area (Å²) < 4.78 is 0.447. The van der Waals surface area contributed by atoms with Gasteiger partial charge in [0, 0.05) is 3.92 Å². The quantitative estimate of drug-likeness (QED) is 0.418. The third-order valence-corrected chi connectivity index (χ3v) is 1.56. The highest BCUT2D eigenvalue weighted by atomic mass is 127. The minimum Gasteiger partial charge on any atom is -0.326 e. The maximum absolute atomic E-state index is 5.53. The van der Waals surface area contributed by atoms with Gasteiger partial charge in [0.15, 0.2) is 0 Å². The summed E-state index contributed by atoms with van der Waals surface area (Å²) in [5.74, 6) is 7.21. The van der Waals surface area contributed by atoms with Gasteiger partial charge in [0.25, 0.3) is 0 Å². The summed E-state index contributed by atoms with van der Waals surface area (Å²) >= 11 is 2.30. The van der Waals surface area contributed by atoms with E-state index in [1.54, 1.807) is 0 Å². The number of amidine groups is 1. The molecular formula is C6H11IN4. The minimum atomic E-state index is 0.447. The Kier molecular flexibility index (Phi) is 2.72. The SMILES string of the molecule is CC1=NN(N)/C(=C\C(C)I)N1. The highest BCUT2D eigenvalue weighted by Crippen LogP contribution is 2.08. The van der Waals surface area contributed by atoms with Crippen LogP contribution in [0.3, 0.4) is 0 Å². The van der Waals surface area contributed by atoms with Crippen molar-refractivity contribution in [3.8, 4) is 0 Å². The van der Waals surface area contributed by atoms with Crippen LogP contribution in [0.1, 0.15) is 13.8 Å². The van der Waals surface area contributed by atoms with Gasteiger partial charge < -0.3 is 5.32 Å². The second-order valence-electron chi connectivity index (χ2n) is 2.38. The van der Waals surface area contributed by atoms with E-state index in [9.17, 15) is 0 Å². The third kappa shape index (κ3) is 2.33. The second-order valence-corrected chi connectivity index (χ2v) is 4.35. The zero-order valence-electron chi connectivity index (χ0n) is 6.50. The number of hydrogen-bond donors (Lipinski definition) is 2. The molecule has 0 radical (unpaired) electrons. The predicted molar refractivity (Wildman–Crippen MR) is 53.8 cm³/mol. The van der Waals surface area contributed by atoms with Crippen LogP contribution < -0.4 is 11.2 Å². The van der Waals surface area contributed by atoms with Gasteiger partial charge in [-0.25, -0.2) is 5.84 Å². The van der Waals surface area contributed by atoms with Gasteiger partial charge in [-0.15, -0.1) is 5.10 Å². The molecule has 1 heterocycles. The maximum Gasteiger partial charge on any atom is 0.142 e. The smallest absolute Gasteiger partial charge is 0.142 e. The topological polar surface area (TPSA) is 53.6 Å². The molecule has 1 aliphatic rings. The lowest BCUT2D eigenvalue weighted by Crippen LogP contribution is -2.26. The van der Waals surface area contributed by atoms with E-state index in [2.05, 4.69) is 39.9 Å². The monoisotopic (exact) mass is 266 g/mol. The molecule has 0 saturated heterocycles. The van der Waals surface area contributed by atoms with E-state index in [1.165, 1.54) is 5.12 Å². The molecule has 62 valence electrons. The third-order valence-electron chi connectivity index (χ3n) is 1.20. The van der Waals surface area contributed by atoms with E-state index < -0.39 is 0 Å². The Morgan fingerprint density at radius 1 is 1.82 bits per heavy atom. The van der Waals surface area contributed by atoms with Gasteiger partial charge in [0.1, 0.15) is 11.7 Å². The molecule has 1 rings (SSSR count). The van der Waals surface area contributed by atoms with Gasteiger partial charge in [-0.1, -0.05) is 22.6 Å². The van der Waals surface area contributed by atoms with Crippen molar-refractivity contribution in [3.05, 3.63) is 11.9 Å². The Labute approximate surface area is 79.6 Å². The van der Waals surface area contributed by atoms with Crippen LogP contribution in [0.4, 0.5) is 0 Å². The molecule has 4 nitrogen and oxygen atoms in total. The fourth-order valence-corrected chi connectivity index (χ4v) is 1.16. The van der Waals surface area contributed by atoms with Gasteiger partial charge >= 0.3 is 0 Å². The number of rotatable bonds is 1.